The first-order valence-electron chi connectivity index (χ1n) is 16.3. The van der Waals surface area contributed by atoms with Crippen LogP contribution in [0.25, 0.3) is 5.70 Å². The van der Waals surface area contributed by atoms with Gasteiger partial charge >= 0.3 is 0 Å². The van der Waals surface area contributed by atoms with Gasteiger partial charge in [0.05, 0.1) is 56.8 Å². The van der Waals surface area contributed by atoms with E-state index in [1.807, 2.05) is 71.1 Å². The van der Waals surface area contributed by atoms with Gasteiger partial charge in [-0.25, -0.2) is 17.8 Å². The van der Waals surface area contributed by atoms with Crippen LogP contribution in [0, 0.1) is 12.7 Å². The summed E-state index contributed by atoms with van der Waals surface area (Å²) in [5.74, 6) is 0.277. The largest absolute Gasteiger partial charge is 0.497 e. The van der Waals surface area contributed by atoms with Crippen LogP contribution in [-0.4, -0.2) is 68.4 Å². The highest BCUT2D eigenvalue weighted by atomic mass is 32.2. The lowest BCUT2D eigenvalue weighted by molar-refractivity contribution is 0.279. The Morgan fingerprint density at radius 2 is 1.60 bits per heavy atom. The number of hydrogen-bond donors (Lipinski definition) is 2. The summed E-state index contributed by atoms with van der Waals surface area (Å²) in [6.45, 7) is 2.75. The van der Waals surface area contributed by atoms with Gasteiger partial charge in [0.2, 0.25) is 5.79 Å². The van der Waals surface area contributed by atoms with Crippen LogP contribution in [0.1, 0.15) is 27.9 Å². The van der Waals surface area contributed by atoms with E-state index in [1.54, 1.807) is 45.4 Å². The van der Waals surface area contributed by atoms with Crippen LogP contribution in [0.4, 0.5) is 10.2 Å². The summed E-state index contributed by atoms with van der Waals surface area (Å²) in [5, 5.41) is 16.0. The molecule has 3 aromatic carbocycles. The summed E-state index contributed by atoms with van der Waals surface area (Å²) in [6.07, 6.45) is 4.50. The molecule has 1 atom stereocenters. The number of rotatable bonds is 12. The quantitative estimate of drug-likeness (QED) is 0.188. The van der Waals surface area contributed by atoms with Crippen LogP contribution < -0.4 is 25.0 Å². The monoisotopic (exact) mass is 728 g/mol. The summed E-state index contributed by atoms with van der Waals surface area (Å²) in [5.41, 5.74) is 3.99. The fraction of sp³-hybridized carbons (Fsp3) is 0.270. The number of methoxy groups -OCH3 is 3. The number of aryl methyl sites for hydroxylation is 2. The molecule has 0 saturated carbocycles. The van der Waals surface area contributed by atoms with E-state index in [1.165, 1.54) is 19.2 Å². The van der Waals surface area contributed by atoms with Crippen LogP contribution >= 0.6 is 0 Å². The first-order valence-corrected chi connectivity index (χ1v) is 18.2. The van der Waals surface area contributed by atoms with Gasteiger partial charge in [0.1, 0.15) is 17.3 Å². The van der Waals surface area contributed by atoms with E-state index in [0.29, 0.717) is 41.0 Å². The van der Waals surface area contributed by atoms with Crippen molar-refractivity contribution < 1.29 is 27.0 Å². The van der Waals surface area contributed by atoms with Gasteiger partial charge in [-0.15, -0.1) is 0 Å². The second kappa shape index (κ2) is 14.5. The van der Waals surface area contributed by atoms with Crippen molar-refractivity contribution in [3.8, 4) is 11.5 Å². The lowest BCUT2D eigenvalue weighted by Crippen LogP contribution is -2.55. The molecule has 3 heterocycles. The molecule has 0 saturated heterocycles. The SMILES string of the molecule is CNC1(c2ccc(S(C)(=O)=O)cc2F)N=C(N(Cc2ccc(OC)cc2)c2cc(C)n(Cc3ccc(OC)cc3)n2)C(OC)=C(c2cnn(C)c2)N1. The van der Waals surface area contributed by atoms with E-state index >= 15 is 4.39 Å². The van der Waals surface area contributed by atoms with Crippen molar-refractivity contribution in [1.82, 2.24) is 30.2 Å². The maximum atomic E-state index is 16.2. The normalized spacial score (nSPS) is 16.0. The van der Waals surface area contributed by atoms with Crippen LogP contribution in [0.5, 0.6) is 11.5 Å². The van der Waals surface area contributed by atoms with Gasteiger partial charge in [0.25, 0.3) is 0 Å². The molecular weight excluding hydrogens is 688 g/mol. The standard InChI is InChI=1S/C37H41FN8O5S/c1-24-18-33(43-46(24)22-26-10-14-29(50-5)15-11-26)45(21-25-8-12-28(49-4)13-9-25)36-35(51-6)34(27-20-40-44(3)23-27)41-37(39-2,42-36)31-17-16-30(19-32(31)38)52(7,47)48/h8-20,23,39,41H,21-22H2,1-7H3. The molecule has 0 aliphatic carbocycles. The molecule has 6 rings (SSSR count). The van der Waals surface area contributed by atoms with Crippen molar-refractivity contribution in [3.63, 3.8) is 0 Å². The van der Waals surface area contributed by atoms with Gasteiger partial charge in [0, 0.05) is 36.8 Å². The molecule has 1 unspecified atom stereocenters. The molecule has 52 heavy (non-hydrogen) atoms. The Bertz CT molecular complexity index is 2250. The second-order valence-corrected chi connectivity index (χ2v) is 14.3. The average molecular weight is 729 g/mol. The molecule has 13 nitrogen and oxygen atoms in total. The van der Waals surface area contributed by atoms with Crippen LogP contribution in [0.2, 0.25) is 0 Å². The summed E-state index contributed by atoms with van der Waals surface area (Å²) < 4.78 is 61.2. The van der Waals surface area contributed by atoms with Crippen LogP contribution in [0.15, 0.2) is 101 Å². The number of nitrogens with one attached hydrogen (secondary N) is 2. The number of ether oxygens (including phenoxy) is 3. The number of aromatic nitrogens is 4. The molecule has 1 aliphatic heterocycles. The van der Waals surface area contributed by atoms with Gasteiger partial charge in [-0.05, 0) is 67.6 Å². The minimum absolute atomic E-state index is 0.0575. The van der Waals surface area contributed by atoms with Gasteiger partial charge in [-0.1, -0.05) is 24.3 Å². The minimum atomic E-state index is -3.68. The molecule has 2 aromatic heterocycles. The van der Waals surface area contributed by atoms with E-state index in [9.17, 15) is 8.42 Å². The van der Waals surface area contributed by atoms with Gasteiger partial charge in [0.15, 0.2) is 27.2 Å². The molecule has 0 amide bonds. The highest BCUT2D eigenvalue weighted by Gasteiger charge is 2.42. The van der Waals surface area contributed by atoms with Gasteiger partial charge in [-0.3, -0.25) is 14.7 Å². The van der Waals surface area contributed by atoms with Crippen molar-refractivity contribution >= 4 is 27.2 Å². The molecule has 0 spiro atoms. The molecule has 2 N–H and O–H groups in total. The molecule has 0 bridgehead atoms. The summed E-state index contributed by atoms with van der Waals surface area (Å²) in [6, 6.07) is 21.2. The average Bonchev–Trinajstić information content (AvgIpc) is 3.74. The van der Waals surface area contributed by atoms with Crippen molar-refractivity contribution in [3.05, 3.63) is 125 Å². The van der Waals surface area contributed by atoms with Crippen molar-refractivity contribution in [2.45, 2.75) is 30.7 Å². The Kier molecular flexibility index (Phi) is 10.1. The molecule has 0 radical (unpaired) electrons. The Balaban J connectivity index is 1.56. The number of amidine groups is 1. The smallest absolute Gasteiger partial charge is 0.216 e. The van der Waals surface area contributed by atoms with E-state index in [4.69, 9.17) is 24.3 Å². The first kappa shape index (κ1) is 36.1. The Labute approximate surface area is 302 Å². The van der Waals surface area contributed by atoms with Gasteiger partial charge < -0.3 is 24.4 Å². The summed E-state index contributed by atoms with van der Waals surface area (Å²) >= 11 is 0. The topological polar surface area (TPSA) is 137 Å². The predicted molar refractivity (Wildman–Crippen MR) is 196 cm³/mol. The zero-order valence-electron chi connectivity index (χ0n) is 30.0. The number of hydrogen-bond acceptors (Lipinski definition) is 11. The van der Waals surface area contributed by atoms with Crippen molar-refractivity contribution in [2.75, 3.05) is 39.5 Å². The number of benzene rings is 3. The van der Waals surface area contributed by atoms with Crippen LogP contribution in [0.3, 0.4) is 0 Å². The second-order valence-electron chi connectivity index (χ2n) is 12.3. The third-order valence-corrected chi connectivity index (χ3v) is 9.93. The fourth-order valence-corrected chi connectivity index (χ4v) is 6.62. The maximum absolute atomic E-state index is 16.2. The molecule has 5 aromatic rings. The summed E-state index contributed by atoms with van der Waals surface area (Å²) in [4.78, 5) is 6.93. The van der Waals surface area contributed by atoms with E-state index in [-0.39, 0.29) is 17.0 Å². The molecule has 1 aliphatic rings. The number of sulfone groups is 1. The zero-order chi connectivity index (χ0) is 37.2. The molecular formula is C37H41FN8O5S. The minimum Gasteiger partial charge on any atom is -0.497 e. The lowest BCUT2D eigenvalue weighted by atomic mass is 10.0. The Morgan fingerprint density at radius 1 is 0.942 bits per heavy atom. The lowest BCUT2D eigenvalue weighted by Gasteiger charge is -2.40. The van der Waals surface area contributed by atoms with Gasteiger partial charge in [-0.2, -0.15) is 10.2 Å². The molecule has 272 valence electrons. The first-order chi connectivity index (χ1) is 24.9. The highest BCUT2D eigenvalue weighted by Crippen LogP contribution is 2.36. The van der Waals surface area contributed by atoms with E-state index in [2.05, 4.69) is 15.7 Å². The van der Waals surface area contributed by atoms with E-state index in [0.717, 1.165) is 34.9 Å². The molecule has 15 heteroatoms. The Hall–Kier alpha value is -5.67. The van der Waals surface area contributed by atoms with Crippen molar-refractivity contribution in [2.24, 2.45) is 12.0 Å². The molecule has 0 fully saturated rings. The Morgan fingerprint density at radius 3 is 2.13 bits per heavy atom. The predicted octanol–water partition coefficient (Wildman–Crippen LogP) is 4.59. The maximum Gasteiger partial charge on any atom is 0.216 e. The number of aliphatic imine (C=N–C) groups is 1. The fourth-order valence-electron chi connectivity index (χ4n) is 5.98. The summed E-state index contributed by atoms with van der Waals surface area (Å²) in [7, 11) is 4.52. The van der Waals surface area contributed by atoms with E-state index < -0.39 is 21.4 Å². The number of anilines is 1. The third kappa shape index (κ3) is 7.22. The zero-order valence-corrected chi connectivity index (χ0v) is 30.8. The van der Waals surface area contributed by atoms with Crippen LogP contribution in [-0.2, 0) is 40.5 Å². The third-order valence-electron chi connectivity index (χ3n) is 8.82. The number of nitrogens with zero attached hydrogens (tertiary/aromatic N) is 6. The highest BCUT2D eigenvalue weighted by molar-refractivity contribution is 7.90. The number of halogens is 1. The van der Waals surface area contributed by atoms with Crippen molar-refractivity contribution in [1.29, 1.82) is 0 Å².